The molecular weight excluding hydrogens is 248 g/mol. The lowest BCUT2D eigenvalue weighted by atomic mass is 10.4. The van der Waals surface area contributed by atoms with Crippen LogP contribution in [0.25, 0.3) is 0 Å². The molecule has 1 aliphatic rings. The van der Waals surface area contributed by atoms with Crippen molar-refractivity contribution in [3.8, 4) is 0 Å². The molecule has 0 spiro atoms. The molecule has 1 aromatic rings. The third-order valence-electron chi connectivity index (χ3n) is 2.28. The van der Waals surface area contributed by atoms with E-state index in [-0.39, 0.29) is 11.4 Å². The molecule has 0 unspecified atom stereocenters. The molecule has 1 saturated heterocycles. The topological polar surface area (TPSA) is 75.0 Å². The quantitative estimate of drug-likeness (QED) is 0.779. The first-order valence-corrected chi connectivity index (χ1v) is 5.28. The second-order valence-electron chi connectivity index (χ2n) is 3.28. The van der Waals surface area contributed by atoms with Crippen LogP contribution in [0.5, 0.6) is 0 Å². The summed E-state index contributed by atoms with van der Waals surface area (Å²) < 4.78 is 0.306. The summed E-state index contributed by atoms with van der Waals surface area (Å²) in [5, 5.41) is 0. The fourth-order valence-electron chi connectivity index (χ4n) is 1.54. The molecule has 0 radical (unpaired) electrons. The van der Waals surface area contributed by atoms with Gasteiger partial charge in [-0.25, -0.2) is 0 Å². The number of nitrogens with zero attached hydrogens (tertiary/aromatic N) is 2. The molecule has 5 nitrogen and oxygen atoms in total. The minimum atomic E-state index is -0.223. The van der Waals surface area contributed by atoms with Crippen molar-refractivity contribution in [3.05, 3.63) is 14.8 Å². The highest BCUT2D eigenvalue weighted by molar-refractivity contribution is 9.10. The van der Waals surface area contributed by atoms with E-state index in [1.165, 1.54) is 0 Å². The molecule has 14 heavy (non-hydrogen) atoms. The molecular formula is C8H11BrN4O. The van der Waals surface area contributed by atoms with Crippen molar-refractivity contribution < 1.29 is 0 Å². The van der Waals surface area contributed by atoms with E-state index in [2.05, 4.69) is 25.9 Å². The van der Waals surface area contributed by atoms with Crippen LogP contribution in [0, 0.1) is 0 Å². The monoisotopic (exact) mass is 258 g/mol. The normalized spacial score (nSPS) is 16.2. The second-order valence-corrected chi connectivity index (χ2v) is 4.08. The molecule has 0 amide bonds. The zero-order valence-corrected chi connectivity index (χ0v) is 9.17. The minimum absolute atomic E-state index is 0.223. The Morgan fingerprint density at radius 1 is 1.43 bits per heavy atom. The van der Waals surface area contributed by atoms with E-state index >= 15 is 0 Å². The maximum absolute atomic E-state index is 11.4. The molecule has 1 fully saturated rings. The van der Waals surface area contributed by atoms with Gasteiger partial charge in [-0.3, -0.25) is 9.78 Å². The highest BCUT2D eigenvalue weighted by Gasteiger charge is 2.16. The number of hydrogen-bond donors (Lipinski definition) is 2. The molecule has 0 saturated carbocycles. The molecule has 3 N–H and O–H groups in total. The molecule has 1 aromatic heterocycles. The predicted octanol–water partition coefficient (Wildman–Crippen LogP) is 0.715. The van der Waals surface area contributed by atoms with Gasteiger partial charge in [0.15, 0.2) is 0 Å². The van der Waals surface area contributed by atoms with E-state index < -0.39 is 0 Å². The maximum atomic E-state index is 11.4. The Bertz CT molecular complexity index is 397. The van der Waals surface area contributed by atoms with Gasteiger partial charge in [-0.2, -0.15) is 4.98 Å². The first kappa shape index (κ1) is 9.51. The molecule has 0 atom stereocenters. The van der Waals surface area contributed by atoms with Crippen LogP contribution in [0.1, 0.15) is 12.8 Å². The van der Waals surface area contributed by atoms with Crippen molar-refractivity contribution in [1.82, 2.24) is 9.97 Å². The van der Waals surface area contributed by atoms with Gasteiger partial charge in [0, 0.05) is 13.1 Å². The number of nitrogen functional groups attached to an aromatic ring is 1. The molecule has 2 heterocycles. The Hall–Kier alpha value is -1.04. The average molecular weight is 259 g/mol. The van der Waals surface area contributed by atoms with Crippen LogP contribution < -0.4 is 16.2 Å². The average Bonchev–Trinajstić information content (AvgIpc) is 2.66. The van der Waals surface area contributed by atoms with Crippen LogP contribution in [-0.4, -0.2) is 23.1 Å². The van der Waals surface area contributed by atoms with Crippen LogP contribution in [0.15, 0.2) is 9.27 Å². The van der Waals surface area contributed by atoms with E-state index in [0.717, 1.165) is 25.9 Å². The number of rotatable bonds is 1. The summed E-state index contributed by atoms with van der Waals surface area (Å²) in [5.41, 5.74) is 5.36. The van der Waals surface area contributed by atoms with Gasteiger partial charge in [-0.1, -0.05) is 0 Å². The SMILES string of the molecule is Nc1nc(N2CCCC2)[nH]c(=O)c1Br. The van der Waals surface area contributed by atoms with Crippen LogP contribution in [0.4, 0.5) is 11.8 Å². The molecule has 2 rings (SSSR count). The number of anilines is 2. The fraction of sp³-hybridized carbons (Fsp3) is 0.500. The number of aromatic amines is 1. The highest BCUT2D eigenvalue weighted by Crippen LogP contribution is 2.18. The van der Waals surface area contributed by atoms with Crippen LogP contribution in [-0.2, 0) is 0 Å². The molecule has 0 aromatic carbocycles. The molecule has 0 bridgehead atoms. The fourth-order valence-corrected chi connectivity index (χ4v) is 1.73. The molecule has 6 heteroatoms. The van der Waals surface area contributed by atoms with E-state index in [1.807, 2.05) is 4.90 Å². The molecule has 1 aliphatic heterocycles. The standard InChI is InChI=1S/C8H11BrN4O/c9-5-6(10)11-8(12-7(5)14)13-3-1-2-4-13/h1-4H2,(H3,10,11,12,14). The van der Waals surface area contributed by atoms with E-state index in [1.54, 1.807) is 0 Å². The second kappa shape index (κ2) is 3.61. The summed E-state index contributed by atoms with van der Waals surface area (Å²) in [7, 11) is 0. The Morgan fingerprint density at radius 2 is 2.07 bits per heavy atom. The third kappa shape index (κ3) is 1.61. The summed E-state index contributed by atoms with van der Waals surface area (Å²) in [5.74, 6) is 0.823. The number of halogens is 1. The van der Waals surface area contributed by atoms with Gasteiger partial charge < -0.3 is 10.6 Å². The number of H-pyrrole nitrogens is 1. The molecule has 0 aliphatic carbocycles. The first-order valence-electron chi connectivity index (χ1n) is 4.49. The third-order valence-corrected chi connectivity index (χ3v) is 3.05. The van der Waals surface area contributed by atoms with Crippen molar-refractivity contribution >= 4 is 27.7 Å². The Morgan fingerprint density at radius 3 is 2.64 bits per heavy atom. The summed E-state index contributed by atoms with van der Waals surface area (Å²) in [6.45, 7) is 1.87. The maximum Gasteiger partial charge on any atom is 0.268 e. The van der Waals surface area contributed by atoms with Crippen molar-refractivity contribution in [2.24, 2.45) is 0 Å². The Kier molecular flexibility index (Phi) is 2.45. The van der Waals surface area contributed by atoms with Crippen LogP contribution in [0.3, 0.4) is 0 Å². The minimum Gasteiger partial charge on any atom is -0.382 e. The number of nitrogens with one attached hydrogen (secondary N) is 1. The highest BCUT2D eigenvalue weighted by atomic mass is 79.9. The lowest BCUT2D eigenvalue weighted by Gasteiger charge is -2.15. The van der Waals surface area contributed by atoms with Crippen LogP contribution >= 0.6 is 15.9 Å². The van der Waals surface area contributed by atoms with Gasteiger partial charge >= 0.3 is 0 Å². The van der Waals surface area contributed by atoms with Gasteiger partial charge in [-0.05, 0) is 28.8 Å². The largest absolute Gasteiger partial charge is 0.382 e. The summed E-state index contributed by atoms with van der Waals surface area (Å²) in [6, 6.07) is 0. The van der Waals surface area contributed by atoms with Crippen molar-refractivity contribution in [3.63, 3.8) is 0 Å². The van der Waals surface area contributed by atoms with Gasteiger partial charge in [0.05, 0.1) is 0 Å². The lowest BCUT2D eigenvalue weighted by molar-refractivity contribution is 0.890. The van der Waals surface area contributed by atoms with Crippen molar-refractivity contribution in [2.45, 2.75) is 12.8 Å². The summed E-state index contributed by atoms with van der Waals surface area (Å²) in [4.78, 5) is 20.2. The van der Waals surface area contributed by atoms with E-state index in [4.69, 9.17) is 5.73 Å². The number of aromatic nitrogens is 2. The van der Waals surface area contributed by atoms with E-state index in [9.17, 15) is 4.79 Å². The number of hydrogen-bond acceptors (Lipinski definition) is 4. The van der Waals surface area contributed by atoms with Gasteiger partial charge in [0.1, 0.15) is 10.3 Å². The Balaban J connectivity index is 2.39. The zero-order chi connectivity index (χ0) is 10.1. The van der Waals surface area contributed by atoms with Gasteiger partial charge in [0.2, 0.25) is 5.95 Å². The zero-order valence-electron chi connectivity index (χ0n) is 7.59. The number of nitrogens with two attached hydrogens (primary N) is 1. The lowest BCUT2D eigenvalue weighted by Crippen LogP contribution is -2.25. The first-order chi connectivity index (χ1) is 6.68. The smallest absolute Gasteiger partial charge is 0.268 e. The summed E-state index contributed by atoms with van der Waals surface area (Å²) in [6.07, 6.45) is 2.28. The van der Waals surface area contributed by atoms with Crippen LogP contribution in [0.2, 0.25) is 0 Å². The van der Waals surface area contributed by atoms with Crippen molar-refractivity contribution in [2.75, 3.05) is 23.7 Å². The van der Waals surface area contributed by atoms with Crippen molar-refractivity contribution in [1.29, 1.82) is 0 Å². The Labute approximate surface area is 89.5 Å². The predicted molar refractivity (Wildman–Crippen MR) is 58.4 cm³/mol. The van der Waals surface area contributed by atoms with E-state index in [0.29, 0.717) is 10.4 Å². The molecule has 76 valence electrons. The summed E-state index contributed by atoms with van der Waals surface area (Å²) >= 11 is 3.07. The van der Waals surface area contributed by atoms with Gasteiger partial charge in [-0.15, -0.1) is 0 Å². The van der Waals surface area contributed by atoms with Gasteiger partial charge in [0.25, 0.3) is 5.56 Å².